The number of hydrogen-bond acceptors (Lipinski definition) is 1. The Labute approximate surface area is 107 Å². The average Bonchev–Trinajstić information content (AvgIpc) is 2.43. The fourth-order valence-corrected chi connectivity index (χ4v) is 8.02. The molecule has 2 aromatic rings. The summed E-state index contributed by atoms with van der Waals surface area (Å²) in [6.45, 7) is 2.24. The molecular formula is C14H18OSi2. The maximum Gasteiger partial charge on any atom is 0.244 e. The van der Waals surface area contributed by atoms with Gasteiger partial charge in [0.25, 0.3) is 0 Å². The van der Waals surface area contributed by atoms with Crippen LogP contribution in [0.15, 0.2) is 60.7 Å². The minimum absolute atomic E-state index is 0.787. The van der Waals surface area contributed by atoms with Crippen molar-refractivity contribution in [2.45, 2.75) is 13.0 Å². The van der Waals surface area contributed by atoms with Crippen LogP contribution in [0.1, 0.15) is 6.92 Å². The maximum absolute atomic E-state index is 6.14. The lowest BCUT2D eigenvalue weighted by molar-refractivity contribution is 0.626. The van der Waals surface area contributed by atoms with Gasteiger partial charge >= 0.3 is 0 Å². The standard InChI is InChI=1S/C14H18OSi2/c1-2-17(15-16,13-9-5-3-6-10-13)14-11-7-4-8-12-14/h3-12H,2H2,1,16H3. The SMILES string of the molecule is CC[Si](O[SiH3])(c1ccccc1)c1ccccc1. The van der Waals surface area contributed by atoms with Gasteiger partial charge in [0.15, 0.2) is 0 Å². The van der Waals surface area contributed by atoms with E-state index in [4.69, 9.17) is 4.12 Å². The van der Waals surface area contributed by atoms with E-state index >= 15 is 0 Å². The summed E-state index contributed by atoms with van der Waals surface area (Å²) in [7, 11) is -1.15. The Morgan fingerprint density at radius 1 is 0.882 bits per heavy atom. The van der Waals surface area contributed by atoms with E-state index in [1.807, 2.05) is 0 Å². The van der Waals surface area contributed by atoms with Crippen molar-refractivity contribution in [3.63, 3.8) is 0 Å². The minimum Gasteiger partial charge on any atom is -0.457 e. The average molecular weight is 258 g/mol. The zero-order chi connectivity index (χ0) is 12.1. The van der Waals surface area contributed by atoms with Crippen LogP contribution in [0.25, 0.3) is 0 Å². The van der Waals surface area contributed by atoms with Crippen molar-refractivity contribution in [1.82, 2.24) is 0 Å². The van der Waals surface area contributed by atoms with Gasteiger partial charge in [-0.25, -0.2) is 0 Å². The molecule has 0 heterocycles. The van der Waals surface area contributed by atoms with E-state index in [2.05, 4.69) is 67.6 Å². The van der Waals surface area contributed by atoms with E-state index in [0.717, 1.165) is 16.5 Å². The van der Waals surface area contributed by atoms with Gasteiger partial charge in [-0.05, 0) is 16.4 Å². The summed E-state index contributed by atoms with van der Waals surface area (Å²) < 4.78 is 6.14. The lowest BCUT2D eigenvalue weighted by atomic mass is 10.4. The van der Waals surface area contributed by atoms with Crippen LogP contribution in [0.2, 0.25) is 6.04 Å². The highest BCUT2D eigenvalue weighted by atomic mass is 28.4. The molecule has 0 aliphatic rings. The molecule has 0 radical (unpaired) electrons. The predicted octanol–water partition coefficient (Wildman–Crippen LogP) is 1.06. The van der Waals surface area contributed by atoms with E-state index in [9.17, 15) is 0 Å². The normalized spacial score (nSPS) is 11.6. The Bertz CT molecular complexity index is 411. The second kappa shape index (κ2) is 5.44. The first-order valence-corrected chi connectivity index (χ1v) is 8.93. The predicted molar refractivity (Wildman–Crippen MR) is 79.4 cm³/mol. The second-order valence-electron chi connectivity index (χ2n) is 4.12. The maximum atomic E-state index is 6.14. The van der Waals surface area contributed by atoms with Crippen LogP contribution in [-0.4, -0.2) is 18.8 Å². The Morgan fingerprint density at radius 2 is 1.29 bits per heavy atom. The van der Waals surface area contributed by atoms with E-state index in [-0.39, 0.29) is 0 Å². The fourth-order valence-electron chi connectivity index (χ4n) is 2.37. The topological polar surface area (TPSA) is 9.23 Å². The highest BCUT2D eigenvalue weighted by molar-refractivity contribution is 6.98. The first-order valence-electron chi connectivity index (χ1n) is 5.99. The molecule has 0 saturated heterocycles. The van der Waals surface area contributed by atoms with Crippen LogP contribution in [0.4, 0.5) is 0 Å². The van der Waals surface area contributed by atoms with E-state index in [1.54, 1.807) is 0 Å². The molecule has 0 aliphatic heterocycles. The van der Waals surface area contributed by atoms with Crippen LogP contribution in [0.5, 0.6) is 0 Å². The summed E-state index contributed by atoms with van der Waals surface area (Å²) in [6, 6.07) is 22.5. The summed E-state index contributed by atoms with van der Waals surface area (Å²) in [5.41, 5.74) is 0. The molecule has 0 bridgehead atoms. The smallest absolute Gasteiger partial charge is 0.244 e. The largest absolute Gasteiger partial charge is 0.457 e. The second-order valence-corrected chi connectivity index (χ2v) is 9.27. The lowest BCUT2D eigenvalue weighted by Gasteiger charge is -2.30. The molecule has 17 heavy (non-hydrogen) atoms. The number of hydrogen-bond donors (Lipinski definition) is 0. The van der Waals surface area contributed by atoms with Crippen molar-refractivity contribution in [3.8, 4) is 0 Å². The van der Waals surface area contributed by atoms with Gasteiger partial charge in [-0.3, -0.25) is 0 Å². The molecule has 0 fully saturated rings. The first kappa shape index (κ1) is 12.3. The Kier molecular flexibility index (Phi) is 3.94. The van der Waals surface area contributed by atoms with E-state index in [1.165, 1.54) is 10.4 Å². The van der Waals surface area contributed by atoms with Gasteiger partial charge in [-0.1, -0.05) is 67.6 Å². The summed E-state index contributed by atoms with van der Waals surface area (Å²) in [6.07, 6.45) is 0. The number of rotatable bonds is 4. The Hall–Kier alpha value is -1.17. The summed E-state index contributed by atoms with van der Waals surface area (Å²) in [4.78, 5) is 0. The molecule has 2 aromatic carbocycles. The van der Waals surface area contributed by atoms with Crippen LogP contribution in [-0.2, 0) is 4.12 Å². The Morgan fingerprint density at radius 3 is 1.59 bits per heavy atom. The molecule has 0 amide bonds. The van der Waals surface area contributed by atoms with Gasteiger partial charge < -0.3 is 4.12 Å². The van der Waals surface area contributed by atoms with Crippen LogP contribution >= 0.6 is 0 Å². The zero-order valence-corrected chi connectivity index (χ0v) is 13.4. The van der Waals surface area contributed by atoms with Gasteiger partial charge in [0.05, 0.1) is 0 Å². The molecule has 0 unspecified atom stereocenters. The van der Waals surface area contributed by atoms with Gasteiger partial charge in [-0.15, -0.1) is 0 Å². The first-order chi connectivity index (χ1) is 8.33. The van der Waals surface area contributed by atoms with Crippen molar-refractivity contribution in [1.29, 1.82) is 0 Å². The molecule has 0 atom stereocenters. The van der Waals surface area contributed by atoms with Crippen molar-refractivity contribution in [2.24, 2.45) is 0 Å². The molecule has 2 rings (SSSR count). The molecule has 1 nitrogen and oxygen atoms in total. The van der Waals surface area contributed by atoms with Gasteiger partial charge in [0, 0.05) is 0 Å². The van der Waals surface area contributed by atoms with Crippen molar-refractivity contribution in [2.75, 3.05) is 0 Å². The molecular weight excluding hydrogens is 240 g/mol. The van der Waals surface area contributed by atoms with E-state index in [0.29, 0.717) is 0 Å². The third-order valence-electron chi connectivity index (χ3n) is 3.33. The molecule has 0 N–H and O–H groups in total. The molecule has 3 heteroatoms. The molecule has 0 saturated carbocycles. The van der Waals surface area contributed by atoms with Crippen LogP contribution in [0, 0.1) is 0 Å². The lowest BCUT2D eigenvalue weighted by Crippen LogP contribution is -2.59. The molecule has 0 aliphatic carbocycles. The van der Waals surface area contributed by atoms with Crippen LogP contribution in [0.3, 0.4) is 0 Å². The minimum atomic E-state index is -1.93. The molecule has 0 spiro atoms. The van der Waals surface area contributed by atoms with Crippen molar-refractivity contribution < 1.29 is 4.12 Å². The molecule has 0 aromatic heterocycles. The van der Waals surface area contributed by atoms with Crippen molar-refractivity contribution >= 4 is 29.2 Å². The highest BCUT2D eigenvalue weighted by Gasteiger charge is 2.35. The third kappa shape index (κ3) is 2.27. The van der Waals surface area contributed by atoms with Gasteiger partial charge in [0.2, 0.25) is 8.32 Å². The summed E-state index contributed by atoms with van der Waals surface area (Å²) in [5.74, 6) is 0. The third-order valence-corrected chi connectivity index (χ3v) is 9.64. The van der Waals surface area contributed by atoms with E-state index < -0.39 is 8.32 Å². The highest BCUT2D eigenvalue weighted by Crippen LogP contribution is 2.11. The fraction of sp³-hybridized carbons (Fsp3) is 0.143. The summed E-state index contributed by atoms with van der Waals surface area (Å²) in [5, 5.41) is 2.76. The van der Waals surface area contributed by atoms with Crippen molar-refractivity contribution in [3.05, 3.63) is 60.7 Å². The summed E-state index contributed by atoms with van der Waals surface area (Å²) >= 11 is 0. The monoisotopic (exact) mass is 258 g/mol. The van der Waals surface area contributed by atoms with Gasteiger partial charge in [-0.2, -0.15) is 0 Å². The number of benzene rings is 2. The Balaban J connectivity index is 2.54. The van der Waals surface area contributed by atoms with Gasteiger partial charge in [0.1, 0.15) is 10.5 Å². The van der Waals surface area contributed by atoms with Crippen LogP contribution < -0.4 is 10.4 Å². The zero-order valence-electron chi connectivity index (χ0n) is 10.4. The molecule has 88 valence electrons. The quantitative estimate of drug-likeness (QED) is 0.745.